The summed E-state index contributed by atoms with van der Waals surface area (Å²) in [6.45, 7) is 0.392. The van der Waals surface area contributed by atoms with Gasteiger partial charge in [0.2, 0.25) is 12.5 Å². The molecule has 0 saturated heterocycles. The molecule has 10 heteroatoms. The summed E-state index contributed by atoms with van der Waals surface area (Å²) in [5.74, 6) is 0.484. The molecule has 3 aromatic rings. The predicted molar refractivity (Wildman–Crippen MR) is 119 cm³/mol. The van der Waals surface area contributed by atoms with Crippen LogP contribution in [-0.4, -0.2) is 49.5 Å². The Morgan fingerprint density at radius 1 is 1.06 bits per heavy atom. The van der Waals surface area contributed by atoms with Gasteiger partial charge < -0.3 is 33.4 Å². The molecule has 0 radical (unpaired) electrons. The predicted octanol–water partition coefficient (Wildman–Crippen LogP) is 2.92. The highest BCUT2D eigenvalue weighted by Gasteiger charge is 2.40. The third-order valence-electron chi connectivity index (χ3n) is 6.35. The molecule has 6 rings (SSSR count). The van der Waals surface area contributed by atoms with Crippen LogP contribution < -0.4 is 23.7 Å². The van der Waals surface area contributed by atoms with Crippen LogP contribution in [0.4, 0.5) is 0 Å². The molecule has 0 saturated carbocycles. The lowest BCUT2D eigenvalue weighted by Crippen LogP contribution is -2.18. The maximum Gasteiger partial charge on any atom is 0.362 e. The molecule has 1 N–H and O–H groups in total. The van der Waals surface area contributed by atoms with Gasteiger partial charge in [0.1, 0.15) is 12.3 Å². The topological polar surface area (TPSA) is 118 Å². The Bertz CT molecular complexity index is 1370. The summed E-state index contributed by atoms with van der Waals surface area (Å²) in [7, 11) is 2.93. The highest BCUT2D eigenvalue weighted by molar-refractivity contribution is 5.96. The lowest BCUT2D eigenvalue weighted by atomic mass is 9.75. The number of imidazole rings is 1. The zero-order valence-corrected chi connectivity index (χ0v) is 18.9. The number of H-pyrrole nitrogens is 1. The van der Waals surface area contributed by atoms with Crippen LogP contribution in [0.15, 0.2) is 47.9 Å². The van der Waals surface area contributed by atoms with E-state index in [-0.39, 0.29) is 42.3 Å². The molecule has 2 aliphatic heterocycles. The number of aromatic nitrogens is 2. The number of nitrogens with zero attached hydrogens (tertiary/aromatic N) is 1. The third-order valence-corrected chi connectivity index (χ3v) is 6.35. The zero-order valence-electron chi connectivity index (χ0n) is 18.9. The van der Waals surface area contributed by atoms with Crippen molar-refractivity contribution in [3.63, 3.8) is 0 Å². The minimum absolute atomic E-state index is 0.114. The van der Waals surface area contributed by atoms with E-state index in [2.05, 4.69) is 9.97 Å². The van der Waals surface area contributed by atoms with Crippen molar-refractivity contribution in [3.05, 3.63) is 70.3 Å². The van der Waals surface area contributed by atoms with E-state index >= 15 is 0 Å². The van der Waals surface area contributed by atoms with Gasteiger partial charge in [0.05, 0.1) is 32.3 Å². The lowest BCUT2D eigenvalue weighted by molar-refractivity contribution is -0.136. The highest BCUT2D eigenvalue weighted by atomic mass is 16.7. The fourth-order valence-corrected chi connectivity index (χ4v) is 4.76. The number of rotatable bonds is 5. The van der Waals surface area contributed by atoms with Gasteiger partial charge in [-0.2, -0.15) is 0 Å². The number of hydrogen-bond donors (Lipinski definition) is 1. The van der Waals surface area contributed by atoms with Gasteiger partial charge in [0.25, 0.3) is 0 Å². The normalized spacial score (nSPS) is 17.5. The number of nitrogens with one attached hydrogen (secondary N) is 1. The third kappa shape index (κ3) is 3.37. The van der Waals surface area contributed by atoms with Gasteiger partial charge in [0.15, 0.2) is 23.0 Å². The molecule has 35 heavy (non-hydrogen) atoms. The molecule has 1 aliphatic carbocycles. The molecule has 10 nitrogen and oxygen atoms in total. The number of hydrogen-bond acceptors (Lipinski definition) is 9. The van der Waals surface area contributed by atoms with Crippen LogP contribution in [0.25, 0.3) is 0 Å². The first-order chi connectivity index (χ1) is 17.1. The first kappa shape index (κ1) is 21.1. The average Bonchev–Trinajstić information content (AvgIpc) is 3.63. The molecule has 0 fully saturated rings. The van der Waals surface area contributed by atoms with Crippen molar-refractivity contribution in [3.8, 4) is 28.7 Å². The standard InChI is InChI=1S/C25H20N2O8/c1-30-19-5-13(6-20(31-2)23(19)35-24(28)16-8-26-10-27-16)21-15-7-18-17(33-11-34-18)4-12(15)3-14-9-32-25(29)22(14)21/h4-8,10,21H,3,9,11H2,1-2H3,(H,26,27)/t21-/m1/s1. The molecule has 0 amide bonds. The number of esters is 2. The molecule has 3 heterocycles. The van der Waals surface area contributed by atoms with E-state index in [1.807, 2.05) is 12.1 Å². The summed E-state index contributed by atoms with van der Waals surface area (Å²) in [4.78, 5) is 31.9. The van der Waals surface area contributed by atoms with Crippen LogP contribution >= 0.6 is 0 Å². The van der Waals surface area contributed by atoms with Crippen molar-refractivity contribution in [2.75, 3.05) is 27.6 Å². The molecule has 0 unspecified atom stereocenters. The first-order valence-corrected chi connectivity index (χ1v) is 10.8. The quantitative estimate of drug-likeness (QED) is 0.438. The van der Waals surface area contributed by atoms with E-state index in [0.29, 0.717) is 29.1 Å². The number of ether oxygens (including phenoxy) is 6. The minimum Gasteiger partial charge on any atom is -0.493 e. The number of cyclic esters (lactones) is 1. The number of methoxy groups -OCH3 is 2. The van der Waals surface area contributed by atoms with Gasteiger partial charge >= 0.3 is 11.9 Å². The smallest absolute Gasteiger partial charge is 0.362 e. The van der Waals surface area contributed by atoms with Crippen molar-refractivity contribution < 1.29 is 38.0 Å². The van der Waals surface area contributed by atoms with Crippen molar-refractivity contribution in [1.29, 1.82) is 0 Å². The van der Waals surface area contributed by atoms with Gasteiger partial charge in [-0.15, -0.1) is 0 Å². The molecule has 1 aromatic heterocycles. The largest absolute Gasteiger partial charge is 0.493 e. The lowest BCUT2D eigenvalue weighted by Gasteiger charge is -2.27. The van der Waals surface area contributed by atoms with Crippen LogP contribution in [-0.2, 0) is 16.0 Å². The van der Waals surface area contributed by atoms with Crippen LogP contribution in [0.5, 0.6) is 28.7 Å². The highest BCUT2D eigenvalue weighted by Crippen LogP contribution is 2.50. The maximum absolute atomic E-state index is 12.8. The van der Waals surface area contributed by atoms with Gasteiger partial charge in [0, 0.05) is 5.92 Å². The van der Waals surface area contributed by atoms with Gasteiger partial charge in [-0.05, 0) is 52.9 Å². The number of carbonyl (C=O) groups is 2. The van der Waals surface area contributed by atoms with Crippen LogP contribution in [0.2, 0.25) is 0 Å². The SMILES string of the molecule is COc1cc([C@H]2C3=C(COC3=O)Cc3cc4c(cc32)OCO4)cc(OC)c1OC(=O)c1cnc[nH]1. The second-order valence-electron chi connectivity index (χ2n) is 8.22. The van der Waals surface area contributed by atoms with Crippen molar-refractivity contribution >= 4 is 11.9 Å². The fourth-order valence-electron chi connectivity index (χ4n) is 4.76. The molecule has 3 aliphatic rings. The summed E-state index contributed by atoms with van der Waals surface area (Å²) >= 11 is 0. The number of benzene rings is 2. The number of fused-ring (bicyclic) bond motifs is 2. The van der Waals surface area contributed by atoms with Crippen molar-refractivity contribution in [2.45, 2.75) is 12.3 Å². The van der Waals surface area contributed by atoms with E-state index in [1.165, 1.54) is 26.7 Å². The molecular formula is C25H20N2O8. The van der Waals surface area contributed by atoms with E-state index in [9.17, 15) is 9.59 Å². The van der Waals surface area contributed by atoms with Gasteiger partial charge in [-0.3, -0.25) is 0 Å². The molecule has 178 valence electrons. The molecule has 0 spiro atoms. The first-order valence-electron chi connectivity index (χ1n) is 10.8. The Balaban J connectivity index is 1.48. The Kier molecular flexibility index (Phi) is 4.87. The van der Waals surface area contributed by atoms with Gasteiger partial charge in [-0.25, -0.2) is 14.6 Å². The van der Waals surface area contributed by atoms with E-state index in [1.54, 1.807) is 12.1 Å². The van der Waals surface area contributed by atoms with E-state index in [4.69, 9.17) is 28.4 Å². The molecular weight excluding hydrogens is 456 g/mol. The minimum atomic E-state index is -0.646. The number of aromatic amines is 1. The molecule has 0 bridgehead atoms. The van der Waals surface area contributed by atoms with Crippen LogP contribution in [0, 0.1) is 0 Å². The maximum atomic E-state index is 12.8. The number of carbonyl (C=O) groups excluding carboxylic acids is 2. The summed E-state index contributed by atoms with van der Waals surface area (Å²) in [5.41, 5.74) is 4.31. The monoisotopic (exact) mass is 476 g/mol. The zero-order chi connectivity index (χ0) is 24.1. The Morgan fingerprint density at radius 2 is 1.80 bits per heavy atom. The Labute approximate surface area is 199 Å². The van der Waals surface area contributed by atoms with Crippen molar-refractivity contribution in [1.82, 2.24) is 9.97 Å². The molecule has 2 aromatic carbocycles. The second-order valence-corrected chi connectivity index (χ2v) is 8.22. The second kappa shape index (κ2) is 8.08. The average molecular weight is 476 g/mol. The Hall–Kier alpha value is -4.47. The van der Waals surface area contributed by atoms with E-state index < -0.39 is 11.9 Å². The van der Waals surface area contributed by atoms with E-state index in [0.717, 1.165) is 16.7 Å². The summed E-state index contributed by atoms with van der Waals surface area (Å²) in [6, 6.07) is 7.33. The summed E-state index contributed by atoms with van der Waals surface area (Å²) in [5, 5.41) is 0. The van der Waals surface area contributed by atoms with Crippen LogP contribution in [0.3, 0.4) is 0 Å². The Morgan fingerprint density at radius 3 is 2.49 bits per heavy atom. The molecule has 1 atom stereocenters. The van der Waals surface area contributed by atoms with Crippen LogP contribution in [0.1, 0.15) is 33.1 Å². The fraction of sp³-hybridized carbons (Fsp3) is 0.240. The van der Waals surface area contributed by atoms with Gasteiger partial charge in [-0.1, -0.05) is 0 Å². The summed E-state index contributed by atoms with van der Waals surface area (Å²) < 4.78 is 33.3. The summed E-state index contributed by atoms with van der Waals surface area (Å²) in [6.07, 6.45) is 3.32. The van der Waals surface area contributed by atoms with Crippen molar-refractivity contribution in [2.24, 2.45) is 0 Å².